The third kappa shape index (κ3) is 1.93. The zero-order valence-electron chi connectivity index (χ0n) is 12.2. The van der Waals surface area contributed by atoms with E-state index in [4.69, 9.17) is 0 Å². The van der Waals surface area contributed by atoms with Crippen molar-refractivity contribution >= 4 is 11.6 Å². The summed E-state index contributed by atoms with van der Waals surface area (Å²) in [4.78, 5) is 24.0. The summed E-state index contributed by atoms with van der Waals surface area (Å²) in [5.41, 5.74) is 2.22. The Hall–Kier alpha value is -1.44. The van der Waals surface area contributed by atoms with Crippen molar-refractivity contribution in [3.63, 3.8) is 0 Å². The monoisotopic (exact) mass is 270 g/mol. The third-order valence-corrected chi connectivity index (χ3v) is 5.09. The van der Waals surface area contributed by atoms with E-state index in [1.807, 2.05) is 12.2 Å². The largest absolute Gasteiger partial charge is 0.294 e. The van der Waals surface area contributed by atoms with Crippen molar-refractivity contribution in [1.29, 1.82) is 0 Å². The average molecular weight is 270 g/mol. The summed E-state index contributed by atoms with van der Waals surface area (Å²) in [6.07, 6.45) is 14.9. The van der Waals surface area contributed by atoms with E-state index in [0.717, 1.165) is 32.1 Å². The van der Waals surface area contributed by atoms with E-state index in [1.54, 1.807) is 12.2 Å². The molecule has 0 N–H and O–H groups in total. The highest BCUT2D eigenvalue weighted by atomic mass is 16.1. The normalized spacial score (nSPS) is 31.8. The average Bonchev–Trinajstić information content (AvgIpc) is 2.72. The fourth-order valence-corrected chi connectivity index (χ4v) is 4.14. The molecule has 0 radical (unpaired) electrons. The third-order valence-electron chi connectivity index (χ3n) is 5.09. The fraction of sp³-hybridized carbons (Fsp3) is 0.556. The lowest BCUT2D eigenvalue weighted by Gasteiger charge is -2.42. The highest BCUT2D eigenvalue weighted by Crippen LogP contribution is 2.57. The van der Waals surface area contributed by atoms with Crippen molar-refractivity contribution in [2.45, 2.75) is 51.9 Å². The SMILES string of the molecule is CCCCCC1=CC(=O)[C@@H]2CCCC3=CC(=O)C=C[C@@]132. The second-order valence-corrected chi connectivity index (χ2v) is 6.25. The summed E-state index contributed by atoms with van der Waals surface area (Å²) in [6.45, 7) is 2.19. The molecular formula is C18H22O2. The Labute approximate surface area is 120 Å². The van der Waals surface area contributed by atoms with Crippen LogP contribution in [-0.2, 0) is 9.59 Å². The maximum absolute atomic E-state index is 12.4. The summed E-state index contributed by atoms with van der Waals surface area (Å²) in [5, 5.41) is 0. The summed E-state index contributed by atoms with van der Waals surface area (Å²) in [5.74, 6) is 0.420. The predicted molar refractivity (Wildman–Crippen MR) is 79.2 cm³/mol. The molecule has 0 heterocycles. The maximum Gasteiger partial charge on any atom is 0.178 e. The first-order valence-corrected chi connectivity index (χ1v) is 7.87. The number of carbonyl (C=O) groups is 2. The Balaban J connectivity index is 1.96. The molecule has 3 rings (SSSR count). The van der Waals surface area contributed by atoms with Crippen LogP contribution in [0.1, 0.15) is 51.9 Å². The minimum Gasteiger partial charge on any atom is -0.294 e. The Morgan fingerprint density at radius 1 is 1.25 bits per heavy atom. The number of rotatable bonds is 4. The minimum absolute atomic E-state index is 0.0588. The van der Waals surface area contributed by atoms with Crippen LogP contribution in [0.25, 0.3) is 0 Å². The van der Waals surface area contributed by atoms with Crippen molar-refractivity contribution in [1.82, 2.24) is 0 Å². The summed E-state index contributed by atoms with van der Waals surface area (Å²) >= 11 is 0. The van der Waals surface area contributed by atoms with Gasteiger partial charge in [0.05, 0.1) is 0 Å². The molecule has 2 heteroatoms. The standard InChI is InChI=1S/C18H22O2/c1-2-3-4-6-14-12-17(20)16-8-5-7-13-11-15(19)9-10-18(13,14)16/h9-12,16H,2-8H2,1H3/t16-,18-/m0/s1. The van der Waals surface area contributed by atoms with Gasteiger partial charge >= 0.3 is 0 Å². The number of hydrogen-bond donors (Lipinski definition) is 0. The van der Waals surface area contributed by atoms with E-state index >= 15 is 0 Å². The van der Waals surface area contributed by atoms with E-state index in [0.29, 0.717) is 0 Å². The number of carbonyl (C=O) groups excluding carboxylic acids is 2. The van der Waals surface area contributed by atoms with Crippen LogP contribution in [0, 0.1) is 11.3 Å². The lowest BCUT2D eigenvalue weighted by molar-refractivity contribution is -0.119. The molecule has 2 nitrogen and oxygen atoms in total. The van der Waals surface area contributed by atoms with Crippen LogP contribution in [0.3, 0.4) is 0 Å². The quantitative estimate of drug-likeness (QED) is 0.725. The Morgan fingerprint density at radius 3 is 2.90 bits per heavy atom. The molecule has 20 heavy (non-hydrogen) atoms. The van der Waals surface area contributed by atoms with Crippen LogP contribution >= 0.6 is 0 Å². The Bertz CT molecular complexity index is 536. The van der Waals surface area contributed by atoms with E-state index < -0.39 is 0 Å². The predicted octanol–water partition coefficient (Wildman–Crippen LogP) is 3.93. The minimum atomic E-state index is -0.225. The molecule has 3 aliphatic carbocycles. The number of ketones is 2. The molecule has 0 amide bonds. The molecule has 0 saturated heterocycles. The first-order valence-electron chi connectivity index (χ1n) is 7.87. The van der Waals surface area contributed by atoms with Gasteiger partial charge in [0.2, 0.25) is 0 Å². The second kappa shape index (κ2) is 5.16. The number of allylic oxidation sites excluding steroid dienone is 6. The Kier molecular flexibility index (Phi) is 3.49. The van der Waals surface area contributed by atoms with Gasteiger partial charge in [0.25, 0.3) is 0 Å². The maximum atomic E-state index is 12.4. The van der Waals surface area contributed by atoms with Crippen LogP contribution in [-0.4, -0.2) is 11.6 Å². The fourth-order valence-electron chi connectivity index (χ4n) is 4.14. The van der Waals surface area contributed by atoms with Crippen LogP contribution in [0.15, 0.2) is 35.5 Å². The van der Waals surface area contributed by atoms with Crippen molar-refractivity contribution in [2.24, 2.45) is 11.3 Å². The molecular weight excluding hydrogens is 248 g/mol. The van der Waals surface area contributed by atoms with Crippen LogP contribution in [0.2, 0.25) is 0 Å². The van der Waals surface area contributed by atoms with Gasteiger partial charge in [-0.1, -0.05) is 37.0 Å². The molecule has 3 aliphatic rings. The molecule has 1 saturated carbocycles. The van der Waals surface area contributed by atoms with Gasteiger partial charge in [0, 0.05) is 11.3 Å². The lowest BCUT2D eigenvalue weighted by atomic mass is 9.59. The van der Waals surface area contributed by atoms with Gasteiger partial charge in [-0.3, -0.25) is 9.59 Å². The van der Waals surface area contributed by atoms with E-state index in [2.05, 4.69) is 6.92 Å². The molecule has 0 aromatic carbocycles. The van der Waals surface area contributed by atoms with Crippen LogP contribution in [0.5, 0.6) is 0 Å². The van der Waals surface area contributed by atoms with Gasteiger partial charge in [0.15, 0.2) is 11.6 Å². The number of unbranched alkanes of at least 4 members (excludes halogenated alkanes) is 2. The smallest absolute Gasteiger partial charge is 0.178 e. The zero-order valence-corrected chi connectivity index (χ0v) is 12.2. The van der Waals surface area contributed by atoms with Gasteiger partial charge in [-0.2, -0.15) is 0 Å². The molecule has 106 valence electrons. The molecule has 0 unspecified atom stereocenters. The van der Waals surface area contributed by atoms with E-state index in [9.17, 15) is 9.59 Å². The van der Waals surface area contributed by atoms with E-state index in [1.165, 1.54) is 24.0 Å². The molecule has 0 bridgehead atoms. The lowest BCUT2D eigenvalue weighted by Crippen LogP contribution is -2.37. The van der Waals surface area contributed by atoms with Crippen molar-refractivity contribution in [2.75, 3.05) is 0 Å². The van der Waals surface area contributed by atoms with Crippen LogP contribution in [0.4, 0.5) is 0 Å². The van der Waals surface area contributed by atoms with Crippen LogP contribution < -0.4 is 0 Å². The summed E-state index contributed by atoms with van der Waals surface area (Å²) in [6, 6.07) is 0. The topological polar surface area (TPSA) is 34.1 Å². The zero-order chi connectivity index (χ0) is 14.2. The molecule has 0 aromatic heterocycles. The Morgan fingerprint density at radius 2 is 2.10 bits per heavy atom. The summed E-state index contributed by atoms with van der Waals surface area (Å²) in [7, 11) is 0. The van der Waals surface area contributed by atoms with Gasteiger partial charge in [-0.25, -0.2) is 0 Å². The van der Waals surface area contributed by atoms with Crippen molar-refractivity contribution < 1.29 is 9.59 Å². The van der Waals surface area contributed by atoms with Crippen molar-refractivity contribution in [3.8, 4) is 0 Å². The number of hydrogen-bond acceptors (Lipinski definition) is 2. The molecule has 0 aliphatic heterocycles. The molecule has 1 fully saturated rings. The highest BCUT2D eigenvalue weighted by Gasteiger charge is 2.52. The summed E-state index contributed by atoms with van der Waals surface area (Å²) < 4.78 is 0. The molecule has 2 atom stereocenters. The van der Waals surface area contributed by atoms with Gasteiger partial charge in [0.1, 0.15) is 0 Å². The second-order valence-electron chi connectivity index (χ2n) is 6.25. The van der Waals surface area contributed by atoms with E-state index in [-0.39, 0.29) is 22.9 Å². The van der Waals surface area contributed by atoms with Crippen molar-refractivity contribution in [3.05, 3.63) is 35.5 Å². The first-order chi connectivity index (χ1) is 9.68. The van der Waals surface area contributed by atoms with Gasteiger partial charge in [-0.15, -0.1) is 0 Å². The molecule has 0 aromatic rings. The molecule has 1 spiro atoms. The van der Waals surface area contributed by atoms with Gasteiger partial charge < -0.3 is 0 Å². The highest BCUT2D eigenvalue weighted by molar-refractivity contribution is 6.04. The first kappa shape index (κ1) is 13.5. The van der Waals surface area contributed by atoms with Gasteiger partial charge in [-0.05, 0) is 50.3 Å².